The van der Waals surface area contributed by atoms with Gasteiger partial charge in [0, 0.05) is 5.25 Å². The smallest absolute Gasteiger partial charge is 0.0857 e. The van der Waals surface area contributed by atoms with Crippen molar-refractivity contribution in [2.24, 2.45) is 5.73 Å². The van der Waals surface area contributed by atoms with Crippen LogP contribution in [0.1, 0.15) is 6.92 Å². The molecule has 12 heavy (non-hydrogen) atoms. The lowest BCUT2D eigenvalue weighted by molar-refractivity contribution is 1.06. The van der Waals surface area contributed by atoms with Crippen LogP contribution in [0.3, 0.4) is 0 Å². The summed E-state index contributed by atoms with van der Waals surface area (Å²) in [5.41, 5.74) is 6.89. The van der Waals surface area contributed by atoms with Crippen LogP contribution in [-0.2, 0) is 0 Å². The topological polar surface area (TPSA) is 26.0 Å². The molecule has 0 aliphatic heterocycles. The van der Waals surface area contributed by atoms with E-state index in [2.05, 4.69) is 31.1 Å². The van der Waals surface area contributed by atoms with Crippen LogP contribution in [0.2, 0.25) is 0 Å². The first-order valence-corrected chi connectivity index (χ1v) is 5.20. The van der Waals surface area contributed by atoms with Gasteiger partial charge in [0.1, 0.15) is 0 Å². The first-order chi connectivity index (χ1) is 5.74. The van der Waals surface area contributed by atoms with Crippen molar-refractivity contribution in [3.63, 3.8) is 0 Å². The first kappa shape index (κ1) is 9.44. The summed E-state index contributed by atoms with van der Waals surface area (Å²) in [5, 5.41) is 0.501. The minimum absolute atomic E-state index is 0.104. The largest absolute Gasteiger partial charge is 0.314 e. The van der Waals surface area contributed by atoms with Gasteiger partial charge in [-0.15, -0.1) is 0 Å². The van der Waals surface area contributed by atoms with Gasteiger partial charge in [-0.3, -0.25) is 0 Å². The van der Waals surface area contributed by atoms with E-state index in [-0.39, 0.29) is 6.04 Å². The third-order valence-electron chi connectivity index (χ3n) is 1.81. The van der Waals surface area contributed by atoms with Crippen molar-refractivity contribution < 1.29 is 0 Å². The molecule has 0 bridgehead atoms. The van der Waals surface area contributed by atoms with Crippen molar-refractivity contribution in [1.82, 2.24) is 0 Å². The Hall–Kier alpha value is -0.650. The Morgan fingerprint density at radius 3 is 3.08 bits per heavy atom. The van der Waals surface area contributed by atoms with E-state index < -0.39 is 0 Å². The second-order valence-electron chi connectivity index (χ2n) is 2.70. The molecule has 64 valence electrons. The molecular weight excluding hydrogens is 166 g/mol. The molecule has 0 spiro atoms. The molecule has 1 aliphatic rings. The normalized spacial score (nSPS) is 23.6. The fourth-order valence-electron chi connectivity index (χ4n) is 0.921. The summed E-state index contributed by atoms with van der Waals surface area (Å²) < 4.78 is 0. The highest BCUT2D eigenvalue weighted by Gasteiger charge is 2.04. The zero-order valence-electron chi connectivity index (χ0n) is 7.37. The van der Waals surface area contributed by atoms with E-state index in [9.17, 15) is 0 Å². The molecular formula is C10H13NS. The Labute approximate surface area is 78.1 Å². The average Bonchev–Trinajstić information content (AvgIpc) is 2.29. The molecule has 0 fully saturated rings. The van der Waals surface area contributed by atoms with Crippen LogP contribution >= 0.6 is 11.8 Å². The molecule has 0 saturated carbocycles. The number of thioether (sulfide) groups is 1. The fourth-order valence-corrected chi connectivity index (χ4v) is 1.34. The summed E-state index contributed by atoms with van der Waals surface area (Å²) in [6.07, 6.45) is 8.04. The predicted molar refractivity (Wildman–Crippen MR) is 56.0 cm³/mol. The molecule has 1 nitrogen and oxygen atoms in total. The van der Waals surface area contributed by atoms with Gasteiger partial charge in [0.2, 0.25) is 0 Å². The van der Waals surface area contributed by atoms with E-state index in [1.54, 1.807) is 0 Å². The van der Waals surface area contributed by atoms with Gasteiger partial charge in [0.15, 0.2) is 0 Å². The molecule has 0 amide bonds. The SMILES string of the molecule is CSC(C)C1=CC#CC(N)C=C1. The van der Waals surface area contributed by atoms with Crippen LogP contribution in [0.25, 0.3) is 0 Å². The van der Waals surface area contributed by atoms with Crippen LogP contribution < -0.4 is 5.73 Å². The fraction of sp³-hybridized carbons (Fsp3) is 0.400. The molecule has 0 aromatic carbocycles. The van der Waals surface area contributed by atoms with Crippen LogP contribution in [0, 0.1) is 11.8 Å². The molecule has 2 unspecified atom stereocenters. The molecule has 1 aliphatic carbocycles. The monoisotopic (exact) mass is 179 g/mol. The Morgan fingerprint density at radius 2 is 2.42 bits per heavy atom. The number of allylic oxidation sites excluding steroid dienone is 2. The molecule has 0 saturated heterocycles. The molecule has 2 heteroatoms. The van der Waals surface area contributed by atoms with Crippen molar-refractivity contribution in [1.29, 1.82) is 0 Å². The predicted octanol–water partition coefficient (Wildman–Crippen LogP) is 1.56. The standard InChI is InChI=1S/C10H13NS/c1-8(12-2)9-4-3-5-10(11)7-6-9/h4,6-8,10H,11H2,1-2H3. The molecule has 0 radical (unpaired) electrons. The number of rotatable bonds is 2. The third kappa shape index (κ3) is 2.44. The van der Waals surface area contributed by atoms with Crippen molar-refractivity contribution in [2.45, 2.75) is 18.2 Å². The molecule has 0 heterocycles. The zero-order valence-corrected chi connectivity index (χ0v) is 8.19. The molecule has 2 N–H and O–H groups in total. The Morgan fingerprint density at radius 1 is 1.67 bits per heavy atom. The van der Waals surface area contributed by atoms with Gasteiger partial charge >= 0.3 is 0 Å². The maximum absolute atomic E-state index is 5.64. The molecule has 0 aromatic heterocycles. The quantitative estimate of drug-likeness (QED) is 0.651. The summed E-state index contributed by atoms with van der Waals surface area (Å²) in [6.45, 7) is 2.17. The lowest BCUT2D eigenvalue weighted by Crippen LogP contribution is -2.13. The maximum Gasteiger partial charge on any atom is 0.0857 e. The zero-order chi connectivity index (χ0) is 8.97. The van der Waals surface area contributed by atoms with Gasteiger partial charge in [-0.05, 0) is 24.8 Å². The van der Waals surface area contributed by atoms with E-state index in [0.717, 1.165) is 0 Å². The lowest BCUT2D eigenvalue weighted by Gasteiger charge is -2.07. The van der Waals surface area contributed by atoms with E-state index in [4.69, 9.17) is 5.73 Å². The van der Waals surface area contributed by atoms with Gasteiger partial charge in [-0.1, -0.05) is 24.0 Å². The second kappa shape index (κ2) is 4.39. The number of hydrogen-bond donors (Lipinski definition) is 1. The first-order valence-electron chi connectivity index (χ1n) is 3.91. The van der Waals surface area contributed by atoms with Gasteiger partial charge in [0.25, 0.3) is 0 Å². The van der Waals surface area contributed by atoms with Crippen LogP contribution in [-0.4, -0.2) is 17.5 Å². The second-order valence-corrected chi connectivity index (χ2v) is 3.87. The molecule has 1 rings (SSSR count). The van der Waals surface area contributed by atoms with Crippen molar-refractivity contribution in [3.05, 3.63) is 23.8 Å². The maximum atomic E-state index is 5.64. The highest BCUT2D eigenvalue weighted by molar-refractivity contribution is 7.99. The average molecular weight is 179 g/mol. The van der Waals surface area contributed by atoms with Gasteiger partial charge < -0.3 is 5.73 Å². The Bertz CT molecular complexity index is 267. The van der Waals surface area contributed by atoms with Crippen molar-refractivity contribution >= 4 is 11.8 Å². The van der Waals surface area contributed by atoms with E-state index in [0.29, 0.717) is 5.25 Å². The molecule has 2 atom stereocenters. The van der Waals surface area contributed by atoms with Crippen molar-refractivity contribution in [3.8, 4) is 11.8 Å². The van der Waals surface area contributed by atoms with Crippen molar-refractivity contribution in [2.75, 3.05) is 6.26 Å². The summed E-state index contributed by atoms with van der Waals surface area (Å²) in [4.78, 5) is 0. The number of hydrogen-bond acceptors (Lipinski definition) is 2. The van der Waals surface area contributed by atoms with Crippen LogP contribution in [0.15, 0.2) is 23.8 Å². The Balaban J connectivity index is 2.76. The highest BCUT2D eigenvalue weighted by atomic mass is 32.2. The van der Waals surface area contributed by atoms with Crippen LogP contribution in [0.5, 0.6) is 0 Å². The third-order valence-corrected chi connectivity index (χ3v) is 2.79. The summed E-state index contributed by atoms with van der Waals surface area (Å²) >= 11 is 1.81. The van der Waals surface area contributed by atoms with E-state index >= 15 is 0 Å². The minimum Gasteiger partial charge on any atom is -0.314 e. The minimum atomic E-state index is -0.104. The van der Waals surface area contributed by atoms with Gasteiger partial charge in [-0.25, -0.2) is 0 Å². The van der Waals surface area contributed by atoms with Gasteiger partial charge in [-0.2, -0.15) is 11.8 Å². The molecule has 0 aromatic rings. The van der Waals surface area contributed by atoms with Crippen LogP contribution in [0.4, 0.5) is 0 Å². The Kier molecular flexibility index (Phi) is 3.46. The van der Waals surface area contributed by atoms with Gasteiger partial charge in [0.05, 0.1) is 6.04 Å². The summed E-state index contributed by atoms with van der Waals surface area (Å²) in [5.74, 6) is 5.86. The van der Waals surface area contributed by atoms with E-state index in [1.807, 2.05) is 23.9 Å². The summed E-state index contributed by atoms with van der Waals surface area (Å²) in [7, 11) is 0. The lowest BCUT2D eigenvalue weighted by atomic mass is 10.2. The van der Waals surface area contributed by atoms with E-state index in [1.165, 1.54) is 5.57 Å². The highest BCUT2D eigenvalue weighted by Crippen LogP contribution is 2.17. The number of nitrogens with two attached hydrogens (primary N) is 1. The summed E-state index contributed by atoms with van der Waals surface area (Å²) in [6, 6.07) is -0.104.